The molecule has 0 aliphatic rings. The van der Waals surface area contributed by atoms with Gasteiger partial charge in [0, 0.05) is 11.6 Å². The van der Waals surface area contributed by atoms with Gasteiger partial charge in [0.2, 0.25) is 0 Å². The molecule has 0 aliphatic heterocycles. The molecule has 0 heterocycles. The summed E-state index contributed by atoms with van der Waals surface area (Å²) in [5, 5.41) is 7.96. The maximum Gasteiger partial charge on any atom is 0.170 e. The van der Waals surface area contributed by atoms with Crippen LogP contribution in [0.15, 0.2) is 48.5 Å². The Morgan fingerprint density at radius 2 is 1.81 bits per heavy atom. The summed E-state index contributed by atoms with van der Waals surface area (Å²) in [6.45, 7) is 0.811. The molecule has 0 spiro atoms. The Kier molecular flexibility index (Phi) is 6.30. The molecular formula is C16H16Cl2N2S. The van der Waals surface area contributed by atoms with Crippen molar-refractivity contribution >= 4 is 46.2 Å². The monoisotopic (exact) mass is 338 g/mol. The van der Waals surface area contributed by atoms with Crippen LogP contribution in [0.1, 0.15) is 12.0 Å². The Morgan fingerprint density at radius 3 is 2.52 bits per heavy atom. The van der Waals surface area contributed by atoms with Crippen molar-refractivity contribution in [3.8, 4) is 0 Å². The minimum absolute atomic E-state index is 0.552. The largest absolute Gasteiger partial charge is 0.362 e. The first-order valence-corrected chi connectivity index (χ1v) is 7.85. The van der Waals surface area contributed by atoms with Crippen molar-refractivity contribution in [2.45, 2.75) is 12.8 Å². The fourth-order valence-corrected chi connectivity index (χ4v) is 2.56. The minimum atomic E-state index is 0.552. The first kappa shape index (κ1) is 16.1. The topological polar surface area (TPSA) is 24.1 Å². The third-order valence-electron chi connectivity index (χ3n) is 2.95. The zero-order valence-electron chi connectivity index (χ0n) is 11.4. The third kappa shape index (κ3) is 5.54. The molecule has 2 aromatic carbocycles. The molecule has 5 heteroatoms. The minimum Gasteiger partial charge on any atom is -0.362 e. The summed E-state index contributed by atoms with van der Waals surface area (Å²) in [6.07, 6.45) is 2.04. The molecule has 0 aliphatic carbocycles. The molecule has 0 unspecified atom stereocenters. The number of anilines is 1. The molecule has 0 atom stereocenters. The summed E-state index contributed by atoms with van der Waals surface area (Å²) >= 11 is 17.2. The van der Waals surface area contributed by atoms with Crippen LogP contribution in [0.25, 0.3) is 0 Å². The molecule has 0 bridgehead atoms. The van der Waals surface area contributed by atoms with Gasteiger partial charge in [0.25, 0.3) is 0 Å². The van der Waals surface area contributed by atoms with E-state index in [2.05, 4.69) is 34.9 Å². The van der Waals surface area contributed by atoms with Gasteiger partial charge in [-0.1, -0.05) is 53.5 Å². The molecule has 0 saturated carbocycles. The van der Waals surface area contributed by atoms with Crippen molar-refractivity contribution in [2.24, 2.45) is 0 Å². The number of aryl methyl sites for hydroxylation is 1. The SMILES string of the molecule is S=C(NCCCc1ccccc1)Nc1ccc(Cl)cc1Cl. The van der Waals surface area contributed by atoms with Crippen LogP contribution in [-0.2, 0) is 6.42 Å². The lowest BCUT2D eigenvalue weighted by Crippen LogP contribution is -2.29. The van der Waals surface area contributed by atoms with E-state index >= 15 is 0 Å². The number of rotatable bonds is 5. The lowest BCUT2D eigenvalue weighted by Gasteiger charge is -2.11. The lowest BCUT2D eigenvalue weighted by molar-refractivity contribution is 0.777. The van der Waals surface area contributed by atoms with Gasteiger partial charge in [-0.15, -0.1) is 0 Å². The second-order valence-corrected chi connectivity index (χ2v) is 5.85. The van der Waals surface area contributed by atoms with Crippen LogP contribution < -0.4 is 10.6 Å². The van der Waals surface area contributed by atoms with Crippen LogP contribution in [0.4, 0.5) is 5.69 Å². The summed E-state index contributed by atoms with van der Waals surface area (Å²) in [5.41, 5.74) is 2.08. The van der Waals surface area contributed by atoms with E-state index in [1.54, 1.807) is 12.1 Å². The summed E-state index contributed by atoms with van der Waals surface area (Å²) in [5.74, 6) is 0. The molecule has 2 N–H and O–H groups in total. The molecule has 0 fully saturated rings. The fraction of sp³-hybridized carbons (Fsp3) is 0.188. The maximum atomic E-state index is 6.08. The molecule has 0 amide bonds. The fourth-order valence-electron chi connectivity index (χ4n) is 1.90. The van der Waals surface area contributed by atoms with Gasteiger partial charge >= 0.3 is 0 Å². The van der Waals surface area contributed by atoms with Crippen molar-refractivity contribution in [1.82, 2.24) is 5.32 Å². The third-order valence-corrected chi connectivity index (χ3v) is 3.74. The van der Waals surface area contributed by atoms with Gasteiger partial charge < -0.3 is 10.6 Å². The molecule has 0 radical (unpaired) electrons. The molecule has 21 heavy (non-hydrogen) atoms. The van der Waals surface area contributed by atoms with Gasteiger partial charge in [0.05, 0.1) is 10.7 Å². The molecule has 110 valence electrons. The van der Waals surface area contributed by atoms with E-state index in [1.165, 1.54) is 5.56 Å². The molecule has 2 nitrogen and oxygen atoms in total. The molecular weight excluding hydrogens is 323 g/mol. The molecule has 2 rings (SSSR count). The average Bonchev–Trinajstić information content (AvgIpc) is 2.48. The standard InChI is InChI=1S/C16H16Cl2N2S/c17-13-8-9-15(14(18)11-13)20-16(21)19-10-4-7-12-5-2-1-3-6-12/h1-3,5-6,8-9,11H,4,7,10H2,(H2,19,20,21). The Balaban J connectivity index is 1.72. The van der Waals surface area contributed by atoms with E-state index in [1.807, 2.05) is 12.1 Å². The van der Waals surface area contributed by atoms with Gasteiger partial charge in [-0.3, -0.25) is 0 Å². The van der Waals surface area contributed by atoms with Crippen LogP contribution in [0.3, 0.4) is 0 Å². The number of nitrogens with one attached hydrogen (secondary N) is 2. The summed E-state index contributed by atoms with van der Waals surface area (Å²) in [6, 6.07) is 15.7. The van der Waals surface area contributed by atoms with E-state index < -0.39 is 0 Å². The first-order chi connectivity index (χ1) is 10.1. The van der Waals surface area contributed by atoms with Crippen molar-refractivity contribution in [3.63, 3.8) is 0 Å². The summed E-state index contributed by atoms with van der Waals surface area (Å²) in [4.78, 5) is 0. The number of thiocarbonyl (C=S) groups is 1. The predicted octanol–water partition coefficient (Wildman–Crippen LogP) is 4.91. The average molecular weight is 339 g/mol. The van der Waals surface area contributed by atoms with Crippen molar-refractivity contribution in [1.29, 1.82) is 0 Å². The number of halogens is 2. The normalized spacial score (nSPS) is 10.2. The van der Waals surface area contributed by atoms with E-state index in [-0.39, 0.29) is 0 Å². The van der Waals surface area contributed by atoms with Gasteiger partial charge in [0.1, 0.15) is 0 Å². The van der Waals surface area contributed by atoms with E-state index in [0.29, 0.717) is 15.2 Å². The van der Waals surface area contributed by atoms with Crippen molar-refractivity contribution < 1.29 is 0 Å². The van der Waals surface area contributed by atoms with Gasteiger partial charge in [-0.25, -0.2) is 0 Å². The second-order valence-electron chi connectivity index (χ2n) is 4.59. The predicted molar refractivity (Wildman–Crippen MR) is 95.4 cm³/mol. The highest BCUT2D eigenvalue weighted by atomic mass is 35.5. The van der Waals surface area contributed by atoms with Crippen molar-refractivity contribution in [2.75, 3.05) is 11.9 Å². The Morgan fingerprint density at radius 1 is 1.05 bits per heavy atom. The van der Waals surface area contributed by atoms with E-state index in [0.717, 1.165) is 25.1 Å². The van der Waals surface area contributed by atoms with Crippen LogP contribution >= 0.6 is 35.4 Å². The van der Waals surface area contributed by atoms with E-state index in [9.17, 15) is 0 Å². The number of hydrogen-bond acceptors (Lipinski definition) is 1. The van der Waals surface area contributed by atoms with Crippen molar-refractivity contribution in [3.05, 3.63) is 64.1 Å². The number of hydrogen-bond donors (Lipinski definition) is 2. The van der Waals surface area contributed by atoms with Crippen LogP contribution in [0.5, 0.6) is 0 Å². The number of benzene rings is 2. The van der Waals surface area contributed by atoms with Gasteiger partial charge in [0.15, 0.2) is 5.11 Å². The quantitative estimate of drug-likeness (QED) is 0.598. The Labute approximate surface area is 140 Å². The zero-order valence-corrected chi connectivity index (χ0v) is 13.7. The summed E-state index contributed by atoms with van der Waals surface area (Å²) < 4.78 is 0. The Bertz CT molecular complexity index is 602. The highest BCUT2D eigenvalue weighted by molar-refractivity contribution is 7.80. The van der Waals surface area contributed by atoms with Crippen LogP contribution in [0.2, 0.25) is 10.0 Å². The van der Waals surface area contributed by atoms with Gasteiger partial charge in [-0.2, -0.15) is 0 Å². The molecule has 0 saturated heterocycles. The molecule has 0 aromatic heterocycles. The second kappa shape index (κ2) is 8.23. The smallest absolute Gasteiger partial charge is 0.170 e. The maximum absolute atomic E-state index is 6.08. The molecule has 2 aromatic rings. The lowest BCUT2D eigenvalue weighted by atomic mass is 10.1. The Hall–Kier alpha value is -1.29. The first-order valence-electron chi connectivity index (χ1n) is 6.69. The van der Waals surface area contributed by atoms with Gasteiger partial charge in [-0.05, 0) is 48.8 Å². The highest BCUT2D eigenvalue weighted by Gasteiger charge is 2.03. The zero-order chi connectivity index (χ0) is 15.1. The van der Waals surface area contributed by atoms with Crippen LogP contribution in [-0.4, -0.2) is 11.7 Å². The highest BCUT2D eigenvalue weighted by Crippen LogP contribution is 2.25. The van der Waals surface area contributed by atoms with E-state index in [4.69, 9.17) is 35.4 Å². The summed E-state index contributed by atoms with van der Waals surface area (Å²) in [7, 11) is 0. The van der Waals surface area contributed by atoms with Crippen LogP contribution in [0, 0.1) is 0 Å².